The molecule has 0 aromatic rings. The molecule has 0 heterocycles. The number of carbonyl (C=O) groups is 1. The molecule has 0 spiro atoms. The molecule has 0 aromatic heterocycles. The Labute approximate surface area is 441 Å². The molecule has 9 heteroatoms. The summed E-state index contributed by atoms with van der Waals surface area (Å²) in [6.07, 6.45) is 71.7. The number of unbranched alkanes of at least 4 members (excludes halogenated alkanes) is 34. The van der Waals surface area contributed by atoms with Crippen molar-refractivity contribution in [3.05, 3.63) is 60.8 Å². The van der Waals surface area contributed by atoms with Crippen LogP contribution in [-0.4, -0.2) is 68.5 Å². The van der Waals surface area contributed by atoms with Crippen molar-refractivity contribution in [2.75, 3.05) is 40.9 Å². The van der Waals surface area contributed by atoms with Gasteiger partial charge < -0.3 is 28.8 Å². The molecule has 2 N–H and O–H groups in total. The van der Waals surface area contributed by atoms with Gasteiger partial charge in [0.2, 0.25) is 5.91 Å². The van der Waals surface area contributed by atoms with Crippen LogP contribution in [0.4, 0.5) is 0 Å². The lowest BCUT2D eigenvalue weighted by molar-refractivity contribution is -0.870. The second-order valence-corrected chi connectivity index (χ2v) is 23.1. The highest BCUT2D eigenvalue weighted by Crippen LogP contribution is 2.38. The largest absolute Gasteiger partial charge is 0.756 e. The highest BCUT2D eigenvalue weighted by molar-refractivity contribution is 7.45. The summed E-state index contributed by atoms with van der Waals surface area (Å²) >= 11 is 0. The molecule has 3 unspecified atom stereocenters. The lowest BCUT2D eigenvalue weighted by Crippen LogP contribution is -2.45. The van der Waals surface area contributed by atoms with Crippen LogP contribution >= 0.6 is 7.82 Å². The number of aliphatic hydroxyl groups is 1. The minimum absolute atomic E-state index is 0.0111. The number of nitrogens with one attached hydrogen (secondary N) is 1. The normalized spacial score (nSPS) is 14.3. The number of likely N-dealkylation sites (N-methyl/N-ethyl adjacent to an activating group) is 1. The first-order chi connectivity index (χ1) is 34.5. The Morgan fingerprint density at radius 3 is 1.24 bits per heavy atom. The van der Waals surface area contributed by atoms with Gasteiger partial charge in [-0.05, 0) is 70.6 Å². The van der Waals surface area contributed by atoms with E-state index in [1.165, 1.54) is 193 Å². The van der Waals surface area contributed by atoms with Gasteiger partial charge >= 0.3 is 0 Å². The fourth-order valence-corrected chi connectivity index (χ4v) is 9.43. The van der Waals surface area contributed by atoms with E-state index in [0.717, 1.165) is 64.2 Å². The van der Waals surface area contributed by atoms with Crippen LogP contribution in [0, 0.1) is 0 Å². The maximum atomic E-state index is 13.0. The molecule has 1 amide bonds. The smallest absolute Gasteiger partial charge is 0.268 e. The molecule has 71 heavy (non-hydrogen) atoms. The van der Waals surface area contributed by atoms with Gasteiger partial charge in [-0.2, -0.15) is 0 Å². The molecular formula is C62H117N2O6P. The first kappa shape index (κ1) is 69.2. The van der Waals surface area contributed by atoms with Gasteiger partial charge in [0, 0.05) is 6.42 Å². The third kappa shape index (κ3) is 55.8. The van der Waals surface area contributed by atoms with Crippen molar-refractivity contribution in [2.24, 2.45) is 0 Å². The molecule has 0 aromatic carbocycles. The molecule has 0 aliphatic rings. The predicted molar refractivity (Wildman–Crippen MR) is 307 cm³/mol. The molecule has 8 nitrogen and oxygen atoms in total. The van der Waals surface area contributed by atoms with Crippen molar-refractivity contribution in [2.45, 2.75) is 289 Å². The monoisotopic (exact) mass is 1020 g/mol. The Kier molecular flexibility index (Phi) is 51.7. The van der Waals surface area contributed by atoms with E-state index in [9.17, 15) is 19.4 Å². The zero-order valence-electron chi connectivity index (χ0n) is 47.4. The molecule has 0 bridgehead atoms. The molecular weight excluding hydrogens is 900 g/mol. The highest BCUT2D eigenvalue weighted by atomic mass is 31.2. The number of hydrogen-bond donors (Lipinski definition) is 2. The summed E-state index contributed by atoms with van der Waals surface area (Å²) in [7, 11) is 1.23. The predicted octanol–water partition coefficient (Wildman–Crippen LogP) is 17.9. The summed E-state index contributed by atoms with van der Waals surface area (Å²) in [5, 5.41) is 13.9. The number of phosphoric acid groups is 1. The van der Waals surface area contributed by atoms with Gasteiger partial charge in [-0.1, -0.05) is 261 Å². The van der Waals surface area contributed by atoms with E-state index < -0.39 is 26.6 Å². The first-order valence-electron chi connectivity index (χ1n) is 30.2. The van der Waals surface area contributed by atoms with E-state index in [4.69, 9.17) is 9.05 Å². The van der Waals surface area contributed by atoms with Gasteiger partial charge in [0.05, 0.1) is 39.9 Å². The number of phosphoric ester groups is 1. The van der Waals surface area contributed by atoms with Gasteiger partial charge in [0.1, 0.15) is 13.2 Å². The number of rotatable bonds is 55. The molecule has 0 saturated heterocycles. The van der Waals surface area contributed by atoms with Gasteiger partial charge in [0.25, 0.3) is 7.82 Å². The van der Waals surface area contributed by atoms with Crippen molar-refractivity contribution < 1.29 is 32.9 Å². The Hall–Kier alpha value is -1.80. The van der Waals surface area contributed by atoms with Crippen LogP contribution in [0.1, 0.15) is 277 Å². The van der Waals surface area contributed by atoms with Crippen LogP contribution in [0.25, 0.3) is 0 Å². The molecule has 0 saturated carbocycles. The first-order valence-corrected chi connectivity index (χ1v) is 31.6. The fourth-order valence-electron chi connectivity index (χ4n) is 8.71. The quantitative estimate of drug-likeness (QED) is 0.0272. The summed E-state index contributed by atoms with van der Waals surface area (Å²) in [6.45, 7) is 4.63. The average Bonchev–Trinajstić information content (AvgIpc) is 3.33. The van der Waals surface area contributed by atoms with Crippen LogP contribution in [0.2, 0.25) is 0 Å². The van der Waals surface area contributed by atoms with E-state index in [2.05, 4.69) is 67.8 Å². The number of allylic oxidation sites excluding steroid dienone is 9. The Bertz CT molecular complexity index is 1340. The van der Waals surface area contributed by atoms with Crippen LogP contribution in [0.3, 0.4) is 0 Å². The van der Waals surface area contributed by atoms with Gasteiger partial charge in [-0.25, -0.2) is 0 Å². The van der Waals surface area contributed by atoms with E-state index in [1.54, 1.807) is 6.08 Å². The molecule has 0 radical (unpaired) electrons. The summed E-state index contributed by atoms with van der Waals surface area (Å²) in [5.74, 6) is -0.218. The van der Waals surface area contributed by atoms with Crippen LogP contribution in [-0.2, 0) is 18.4 Å². The maximum absolute atomic E-state index is 13.0. The molecule has 416 valence electrons. The molecule has 3 atom stereocenters. The third-order valence-electron chi connectivity index (χ3n) is 13.4. The van der Waals surface area contributed by atoms with E-state index >= 15 is 0 Å². The molecule has 0 fully saturated rings. The second-order valence-electron chi connectivity index (χ2n) is 21.7. The van der Waals surface area contributed by atoms with Crippen LogP contribution in [0.5, 0.6) is 0 Å². The van der Waals surface area contributed by atoms with E-state index in [0.29, 0.717) is 17.4 Å². The Balaban J connectivity index is 4.24. The SMILES string of the molecule is CCCCCCC/C=C\C/C=C\C/C=C\CCCCCCCCC(=O)NC(COP(=O)([O-])OCC[N+](C)(C)C)C(O)/C=C/CC/C=C/CCCCCCCCCCCCCCCCCCCCCCCC. The Morgan fingerprint density at radius 2 is 0.831 bits per heavy atom. The number of hydrogen-bond acceptors (Lipinski definition) is 6. The van der Waals surface area contributed by atoms with Gasteiger partial charge in [-0.15, -0.1) is 0 Å². The fraction of sp³-hybridized carbons (Fsp3) is 0.823. The van der Waals surface area contributed by atoms with Crippen molar-refractivity contribution in [1.82, 2.24) is 5.32 Å². The number of quaternary nitrogens is 1. The standard InChI is InChI=1S/C62H117N2O6P/c1-6-8-10-12-14-16-18-20-22-24-26-28-29-30-31-32-33-34-36-37-39-41-43-45-47-49-51-53-55-61(65)60(59-70-71(67,68)69-58-57-64(3,4)5)63-62(66)56-54-52-50-48-46-44-42-40-38-35-27-25-23-21-19-17-15-13-11-9-7-2/h19,21,25,27,38,40,45,47,53,55,60-61,65H,6-18,20,22-24,26,28-37,39,41-44,46,48-52,54,56-59H2,1-5H3,(H-,63,66,67,68)/b21-19-,27-25-,40-38-,47-45+,55-53+. The number of aliphatic hydroxyl groups excluding tert-OH is 1. The molecule has 0 aliphatic carbocycles. The van der Waals surface area contributed by atoms with Crippen molar-refractivity contribution in [3.63, 3.8) is 0 Å². The molecule has 0 aliphatic heterocycles. The Morgan fingerprint density at radius 1 is 0.493 bits per heavy atom. The summed E-state index contributed by atoms with van der Waals surface area (Å²) in [6, 6.07) is -0.914. The number of nitrogens with zero attached hydrogens (tertiary/aromatic N) is 1. The second kappa shape index (κ2) is 53.0. The number of carbonyl (C=O) groups excluding carboxylic acids is 1. The van der Waals surface area contributed by atoms with Gasteiger partial charge in [-0.3, -0.25) is 9.36 Å². The summed E-state index contributed by atoms with van der Waals surface area (Å²) in [4.78, 5) is 25.5. The van der Waals surface area contributed by atoms with E-state index in [1.807, 2.05) is 27.2 Å². The summed E-state index contributed by atoms with van der Waals surface area (Å²) in [5.41, 5.74) is 0. The minimum Gasteiger partial charge on any atom is -0.756 e. The van der Waals surface area contributed by atoms with Crippen LogP contribution < -0.4 is 10.2 Å². The van der Waals surface area contributed by atoms with Crippen molar-refractivity contribution in [3.8, 4) is 0 Å². The van der Waals surface area contributed by atoms with Crippen LogP contribution in [0.15, 0.2) is 60.8 Å². The lowest BCUT2D eigenvalue weighted by atomic mass is 10.0. The topological polar surface area (TPSA) is 108 Å². The van der Waals surface area contributed by atoms with Gasteiger partial charge in [0.15, 0.2) is 0 Å². The molecule has 0 rings (SSSR count). The minimum atomic E-state index is -4.61. The van der Waals surface area contributed by atoms with Crippen molar-refractivity contribution >= 4 is 13.7 Å². The zero-order valence-corrected chi connectivity index (χ0v) is 48.3. The van der Waals surface area contributed by atoms with Crippen molar-refractivity contribution in [1.29, 1.82) is 0 Å². The zero-order chi connectivity index (χ0) is 52.0. The highest BCUT2D eigenvalue weighted by Gasteiger charge is 2.23. The average molecular weight is 1020 g/mol. The maximum Gasteiger partial charge on any atom is 0.268 e. The van der Waals surface area contributed by atoms with E-state index in [-0.39, 0.29) is 12.5 Å². The third-order valence-corrected chi connectivity index (χ3v) is 14.4. The number of amides is 1. The summed E-state index contributed by atoms with van der Waals surface area (Å²) < 4.78 is 23.3. The lowest BCUT2D eigenvalue weighted by Gasteiger charge is -2.29.